The molecular formula is C15H17F3N2O. The highest BCUT2D eigenvalue weighted by Crippen LogP contribution is 2.37. The molecule has 0 aromatic heterocycles. The third kappa shape index (κ3) is 2.98. The Morgan fingerprint density at radius 3 is 2.57 bits per heavy atom. The molecule has 1 heterocycles. The molecule has 0 aliphatic carbocycles. The molecule has 1 aromatic rings. The molecule has 1 unspecified atom stereocenters. The van der Waals surface area contributed by atoms with Gasteiger partial charge in [0.05, 0.1) is 29.3 Å². The number of hydrogen-bond acceptors (Lipinski definition) is 3. The molecule has 1 aliphatic heterocycles. The van der Waals surface area contributed by atoms with Gasteiger partial charge in [0.25, 0.3) is 0 Å². The van der Waals surface area contributed by atoms with Crippen molar-refractivity contribution in [2.75, 3.05) is 11.4 Å². The van der Waals surface area contributed by atoms with Crippen LogP contribution in [-0.4, -0.2) is 23.8 Å². The molecule has 21 heavy (non-hydrogen) atoms. The molecule has 2 atom stereocenters. The lowest BCUT2D eigenvalue weighted by molar-refractivity contribution is -0.137. The van der Waals surface area contributed by atoms with Crippen LogP contribution in [0.15, 0.2) is 18.2 Å². The topological polar surface area (TPSA) is 47.3 Å². The summed E-state index contributed by atoms with van der Waals surface area (Å²) in [7, 11) is 0. The van der Waals surface area contributed by atoms with Crippen molar-refractivity contribution in [2.45, 2.75) is 38.6 Å². The molecule has 114 valence electrons. The number of aliphatic hydroxyl groups is 1. The second-order valence-corrected chi connectivity index (χ2v) is 5.62. The number of halogens is 3. The minimum absolute atomic E-state index is 0.118. The van der Waals surface area contributed by atoms with Crippen LogP contribution >= 0.6 is 0 Å². The summed E-state index contributed by atoms with van der Waals surface area (Å²) >= 11 is 0. The van der Waals surface area contributed by atoms with E-state index in [1.54, 1.807) is 11.0 Å². The summed E-state index contributed by atoms with van der Waals surface area (Å²) in [5, 5.41) is 18.8. The lowest BCUT2D eigenvalue weighted by atomic mass is 9.98. The quantitative estimate of drug-likeness (QED) is 0.912. The van der Waals surface area contributed by atoms with Gasteiger partial charge in [0.15, 0.2) is 0 Å². The number of aliphatic hydroxyl groups excluding tert-OH is 1. The Morgan fingerprint density at radius 1 is 1.38 bits per heavy atom. The van der Waals surface area contributed by atoms with Gasteiger partial charge < -0.3 is 10.0 Å². The van der Waals surface area contributed by atoms with Gasteiger partial charge in [-0.3, -0.25) is 0 Å². The van der Waals surface area contributed by atoms with Crippen LogP contribution in [0, 0.1) is 17.2 Å². The first-order valence-corrected chi connectivity index (χ1v) is 6.81. The molecule has 0 saturated carbocycles. The number of alkyl halides is 3. The zero-order valence-electron chi connectivity index (χ0n) is 11.9. The van der Waals surface area contributed by atoms with Crippen molar-refractivity contribution in [1.29, 1.82) is 5.26 Å². The number of benzene rings is 1. The van der Waals surface area contributed by atoms with Gasteiger partial charge in [-0.05, 0) is 30.5 Å². The van der Waals surface area contributed by atoms with E-state index >= 15 is 0 Å². The summed E-state index contributed by atoms with van der Waals surface area (Å²) < 4.78 is 39.0. The predicted octanol–water partition coefficient (Wildman–Crippen LogP) is 3.17. The number of hydrogen-bond donors (Lipinski definition) is 1. The molecule has 0 radical (unpaired) electrons. The Labute approximate surface area is 121 Å². The van der Waals surface area contributed by atoms with Gasteiger partial charge in [0.2, 0.25) is 0 Å². The van der Waals surface area contributed by atoms with Gasteiger partial charge in [-0.25, -0.2) is 0 Å². The number of nitriles is 1. The maximum absolute atomic E-state index is 13.0. The van der Waals surface area contributed by atoms with Crippen LogP contribution in [0.25, 0.3) is 0 Å². The fourth-order valence-electron chi connectivity index (χ4n) is 2.95. The first-order valence-electron chi connectivity index (χ1n) is 6.81. The van der Waals surface area contributed by atoms with Crippen molar-refractivity contribution >= 4 is 5.69 Å². The number of anilines is 1. The summed E-state index contributed by atoms with van der Waals surface area (Å²) in [6.45, 7) is 4.37. The molecule has 1 fully saturated rings. The van der Waals surface area contributed by atoms with Crippen LogP contribution in [0.5, 0.6) is 0 Å². The van der Waals surface area contributed by atoms with Gasteiger partial charge in [-0.1, -0.05) is 13.8 Å². The highest BCUT2D eigenvalue weighted by atomic mass is 19.4. The van der Waals surface area contributed by atoms with Crippen LogP contribution in [0.4, 0.5) is 18.9 Å². The van der Waals surface area contributed by atoms with Gasteiger partial charge in [-0.2, -0.15) is 18.4 Å². The van der Waals surface area contributed by atoms with Gasteiger partial charge >= 0.3 is 6.18 Å². The van der Waals surface area contributed by atoms with Crippen molar-refractivity contribution in [3.05, 3.63) is 29.3 Å². The lowest BCUT2D eigenvalue weighted by Gasteiger charge is -2.31. The number of nitrogens with zero attached hydrogens (tertiary/aromatic N) is 2. The lowest BCUT2D eigenvalue weighted by Crippen LogP contribution is -2.39. The van der Waals surface area contributed by atoms with Crippen LogP contribution in [-0.2, 0) is 6.18 Å². The molecule has 0 spiro atoms. The van der Waals surface area contributed by atoms with Crippen LogP contribution in [0.1, 0.15) is 31.4 Å². The molecule has 1 N–H and O–H groups in total. The summed E-state index contributed by atoms with van der Waals surface area (Å²) in [6, 6.07) is 5.08. The van der Waals surface area contributed by atoms with Crippen molar-refractivity contribution in [2.24, 2.45) is 5.92 Å². The molecule has 1 aliphatic rings. The van der Waals surface area contributed by atoms with Crippen LogP contribution in [0.3, 0.4) is 0 Å². The highest BCUT2D eigenvalue weighted by Gasteiger charge is 2.38. The zero-order chi connectivity index (χ0) is 15.8. The molecule has 3 nitrogen and oxygen atoms in total. The molecule has 6 heteroatoms. The van der Waals surface area contributed by atoms with Crippen molar-refractivity contribution in [3.63, 3.8) is 0 Å². The second-order valence-electron chi connectivity index (χ2n) is 5.62. The Hall–Kier alpha value is -1.74. The van der Waals surface area contributed by atoms with E-state index in [1.165, 1.54) is 12.1 Å². The van der Waals surface area contributed by atoms with Gasteiger partial charge in [-0.15, -0.1) is 0 Å². The summed E-state index contributed by atoms with van der Waals surface area (Å²) in [6.07, 6.45) is -4.58. The summed E-state index contributed by atoms with van der Waals surface area (Å²) in [5.41, 5.74) is -0.907. The fraction of sp³-hybridized carbons (Fsp3) is 0.533. The van der Waals surface area contributed by atoms with E-state index in [0.29, 0.717) is 18.7 Å². The van der Waals surface area contributed by atoms with E-state index in [1.807, 2.05) is 13.8 Å². The van der Waals surface area contributed by atoms with Crippen LogP contribution in [0.2, 0.25) is 0 Å². The van der Waals surface area contributed by atoms with E-state index in [2.05, 4.69) is 0 Å². The normalized spacial score (nSPS) is 22.7. The molecule has 2 rings (SSSR count). The first-order chi connectivity index (χ1) is 9.75. The van der Waals surface area contributed by atoms with Crippen molar-refractivity contribution in [3.8, 4) is 6.07 Å². The molecular weight excluding hydrogens is 281 g/mol. The Bertz CT molecular complexity index is 563. The Kier molecular flexibility index (Phi) is 4.15. The molecule has 1 saturated heterocycles. The smallest absolute Gasteiger partial charge is 0.391 e. The third-order valence-corrected chi connectivity index (χ3v) is 3.86. The number of rotatable bonds is 2. The summed E-state index contributed by atoms with van der Waals surface area (Å²) in [5.74, 6) is 0.118. The first kappa shape index (κ1) is 15.6. The Balaban J connectivity index is 2.44. The molecule has 0 bridgehead atoms. The molecule has 1 aromatic carbocycles. The highest BCUT2D eigenvalue weighted by molar-refractivity contribution is 5.56. The third-order valence-electron chi connectivity index (χ3n) is 3.86. The fourth-order valence-corrected chi connectivity index (χ4v) is 2.95. The average Bonchev–Trinajstić information content (AvgIpc) is 2.79. The van der Waals surface area contributed by atoms with Crippen LogP contribution < -0.4 is 4.90 Å². The van der Waals surface area contributed by atoms with Crippen molar-refractivity contribution in [1.82, 2.24) is 0 Å². The molecule has 0 amide bonds. The minimum Gasteiger partial charge on any atom is -0.391 e. The average molecular weight is 298 g/mol. The van der Waals surface area contributed by atoms with E-state index < -0.39 is 17.8 Å². The second kappa shape index (κ2) is 5.57. The van der Waals surface area contributed by atoms with Gasteiger partial charge in [0, 0.05) is 12.2 Å². The van der Waals surface area contributed by atoms with E-state index in [-0.39, 0.29) is 17.5 Å². The summed E-state index contributed by atoms with van der Waals surface area (Å²) in [4.78, 5) is 1.80. The SMILES string of the molecule is CC(C)[C@H]1C(O)CCN1c1ccc(C#N)c(C(F)(F)F)c1. The largest absolute Gasteiger partial charge is 0.417 e. The predicted molar refractivity (Wildman–Crippen MR) is 72.8 cm³/mol. The minimum atomic E-state index is -4.56. The van der Waals surface area contributed by atoms with Crippen molar-refractivity contribution < 1.29 is 18.3 Å². The standard InChI is InChI=1S/C15H17F3N2O/c1-9(2)14-13(21)5-6-20(14)11-4-3-10(8-19)12(7-11)15(16,17)18/h3-4,7,9,13-14,21H,5-6H2,1-2H3/t13?,14-/m0/s1. The van der Waals surface area contributed by atoms with E-state index in [9.17, 15) is 18.3 Å². The Morgan fingerprint density at radius 2 is 2.05 bits per heavy atom. The van der Waals surface area contributed by atoms with Gasteiger partial charge in [0.1, 0.15) is 0 Å². The van der Waals surface area contributed by atoms with E-state index in [0.717, 1.165) is 6.07 Å². The maximum Gasteiger partial charge on any atom is 0.417 e. The van der Waals surface area contributed by atoms with E-state index in [4.69, 9.17) is 5.26 Å². The maximum atomic E-state index is 13.0. The zero-order valence-corrected chi connectivity index (χ0v) is 11.9. The monoisotopic (exact) mass is 298 g/mol.